The van der Waals surface area contributed by atoms with Crippen LogP contribution >= 0.6 is 0 Å². The van der Waals surface area contributed by atoms with Crippen molar-refractivity contribution in [3.8, 4) is 5.75 Å². The van der Waals surface area contributed by atoms with Crippen LogP contribution < -0.4 is 0 Å². The summed E-state index contributed by atoms with van der Waals surface area (Å²) < 4.78 is 26.6. The summed E-state index contributed by atoms with van der Waals surface area (Å²) in [5.41, 5.74) is 1.04. The van der Waals surface area contributed by atoms with E-state index in [4.69, 9.17) is 5.11 Å². The highest BCUT2D eigenvalue weighted by molar-refractivity contribution is 5.85. The summed E-state index contributed by atoms with van der Waals surface area (Å²) in [5, 5.41) is 9.86. The Morgan fingerprint density at radius 2 is 1.94 bits per heavy atom. The molecule has 2 aromatic carbocycles. The average molecular weight is 222 g/mol. The molecule has 0 fully saturated rings. The Morgan fingerprint density at radius 3 is 2.62 bits per heavy atom. The van der Waals surface area contributed by atoms with Crippen LogP contribution in [-0.2, 0) is 6.42 Å². The van der Waals surface area contributed by atoms with Crippen molar-refractivity contribution in [1.29, 1.82) is 0 Å². The topological polar surface area (TPSA) is 20.2 Å². The van der Waals surface area contributed by atoms with Gasteiger partial charge in [0.25, 0.3) is 0 Å². The molecule has 0 unspecified atom stereocenters. The van der Waals surface area contributed by atoms with Gasteiger partial charge in [0.15, 0.2) is 17.4 Å². The van der Waals surface area contributed by atoms with E-state index in [0.29, 0.717) is 5.39 Å². The van der Waals surface area contributed by atoms with E-state index in [2.05, 4.69) is 0 Å². The van der Waals surface area contributed by atoms with Crippen molar-refractivity contribution in [3.63, 3.8) is 0 Å². The molecule has 3 heteroatoms. The third-order valence-electron chi connectivity index (χ3n) is 2.61. The minimum absolute atomic E-state index is 0.249. The lowest BCUT2D eigenvalue weighted by molar-refractivity contribution is 0.400. The van der Waals surface area contributed by atoms with Gasteiger partial charge in [-0.2, -0.15) is 0 Å². The molecular weight excluding hydrogens is 210 g/mol. The van der Waals surface area contributed by atoms with Crippen LogP contribution in [0.1, 0.15) is 18.9 Å². The Labute approximate surface area is 92.3 Å². The Bertz CT molecular complexity index is 535. The van der Waals surface area contributed by atoms with Crippen molar-refractivity contribution >= 4 is 10.8 Å². The summed E-state index contributed by atoms with van der Waals surface area (Å²) in [5.74, 6) is -2.72. The number of rotatable bonds is 2. The lowest BCUT2D eigenvalue weighted by atomic mass is 10.0. The first-order chi connectivity index (χ1) is 7.63. The fourth-order valence-electron chi connectivity index (χ4n) is 1.81. The van der Waals surface area contributed by atoms with Crippen molar-refractivity contribution in [2.75, 3.05) is 0 Å². The number of aromatic hydroxyl groups is 1. The highest BCUT2D eigenvalue weighted by Gasteiger charge is 2.12. The van der Waals surface area contributed by atoms with Crippen LogP contribution in [0.15, 0.2) is 24.3 Å². The standard InChI is InChI=1S/C13H12F2O/c1-2-3-8-4-5-10-9(6-8)7-11(14)13(16)12(10)15/h4-7,16H,2-3H2,1H3. The average Bonchev–Trinajstić information content (AvgIpc) is 2.26. The molecule has 0 aliphatic heterocycles. The molecule has 2 aromatic rings. The molecule has 0 aliphatic rings. The molecule has 1 nitrogen and oxygen atoms in total. The maximum absolute atomic E-state index is 13.5. The fraction of sp³-hybridized carbons (Fsp3) is 0.231. The van der Waals surface area contributed by atoms with Crippen LogP contribution in [0.4, 0.5) is 8.78 Å². The van der Waals surface area contributed by atoms with Crippen LogP contribution in [0.3, 0.4) is 0 Å². The van der Waals surface area contributed by atoms with E-state index in [1.807, 2.05) is 6.92 Å². The molecule has 84 valence electrons. The molecule has 2 rings (SSSR count). The van der Waals surface area contributed by atoms with Crippen LogP contribution in [0.2, 0.25) is 0 Å². The second kappa shape index (κ2) is 4.08. The first-order valence-corrected chi connectivity index (χ1v) is 5.23. The molecule has 0 atom stereocenters. The summed E-state index contributed by atoms with van der Waals surface area (Å²) in [6.45, 7) is 2.04. The van der Waals surface area contributed by atoms with E-state index in [1.165, 1.54) is 0 Å². The largest absolute Gasteiger partial charge is 0.503 e. The van der Waals surface area contributed by atoms with Crippen molar-refractivity contribution in [1.82, 2.24) is 0 Å². The molecule has 0 heterocycles. The number of phenolic OH excluding ortho intramolecular Hbond substituents is 1. The van der Waals surface area contributed by atoms with Gasteiger partial charge in [-0.15, -0.1) is 0 Å². The maximum atomic E-state index is 13.5. The molecule has 0 aliphatic carbocycles. The first kappa shape index (κ1) is 10.9. The predicted octanol–water partition coefficient (Wildman–Crippen LogP) is 3.78. The van der Waals surface area contributed by atoms with E-state index in [1.54, 1.807) is 18.2 Å². The van der Waals surface area contributed by atoms with E-state index < -0.39 is 17.4 Å². The summed E-state index contributed by atoms with van der Waals surface area (Å²) in [6.07, 6.45) is 1.86. The smallest absolute Gasteiger partial charge is 0.188 e. The highest BCUT2D eigenvalue weighted by atomic mass is 19.1. The molecule has 0 aromatic heterocycles. The number of benzene rings is 2. The number of fused-ring (bicyclic) bond motifs is 1. The monoisotopic (exact) mass is 222 g/mol. The summed E-state index contributed by atoms with van der Waals surface area (Å²) in [6, 6.07) is 6.29. The molecule has 16 heavy (non-hydrogen) atoms. The SMILES string of the molecule is CCCc1ccc2c(F)c(O)c(F)cc2c1. The van der Waals surface area contributed by atoms with Gasteiger partial charge in [-0.3, -0.25) is 0 Å². The van der Waals surface area contributed by atoms with Crippen LogP contribution in [0.25, 0.3) is 10.8 Å². The quantitative estimate of drug-likeness (QED) is 0.819. The molecule has 0 saturated heterocycles. The van der Waals surface area contributed by atoms with E-state index in [-0.39, 0.29) is 5.39 Å². The van der Waals surface area contributed by atoms with Gasteiger partial charge in [0.1, 0.15) is 0 Å². The van der Waals surface area contributed by atoms with E-state index in [0.717, 1.165) is 24.5 Å². The first-order valence-electron chi connectivity index (χ1n) is 5.23. The minimum Gasteiger partial charge on any atom is -0.503 e. The van der Waals surface area contributed by atoms with Gasteiger partial charge in [-0.25, -0.2) is 8.78 Å². The third-order valence-corrected chi connectivity index (χ3v) is 2.61. The highest BCUT2D eigenvalue weighted by Crippen LogP contribution is 2.29. The van der Waals surface area contributed by atoms with Gasteiger partial charge in [0, 0.05) is 5.39 Å². The maximum Gasteiger partial charge on any atom is 0.188 e. The van der Waals surface area contributed by atoms with Gasteiger partial charge in [-0.05, 0) is 23.4 Å². The molecule has 0 amide bonds. The Morgan fingerprint density at radius 1 is 1.19 bits per heavy atom. The predicted molar refractivity (Wildman–Crippen MR) is 59.5 cm³/mol. The molecular formula is C13H12F2O. The molecule has 1 N–H and O–H groups in total. The van der Waals surface area contributed by atoms with Gasteiger partial charge >= 0.3 is 0 Å². The summed E-state index contributed by atoms with van der Waals surface area (Å²) >= 11 is 0. The number of hydrogen-bond acceptors (Lipinski definition) is 1. The Hall–Kier alpha value is -1.64. The second-order valence-corrected chi connectivity index (χ2v) is 3.83. The fourth-order valence-corrected chi connectivity index (χ4v) is 1.81. The van der Waals surface area contributed by atoms with Crippen molar-refractivity contribution in [3.05, 3.63) is 41.5 Å². The molecule has 0 saturated carbocycles. The van der Waals surface area contributed by atoms with Crippen LogP contribution in [0.5, 0.6) is 5.75 Å². The van der Waals surface area contributed by atoms with Crippen molar-refractivity contribution < 1.29 is 13.9 Å². The minimum atomic E-state index is -0.918. The van der Waals surface area contributed by atoms with Crippen molar-refractivity contribution in [2.24, 2.45) is 0 Å². The molecule has 0 bridgehead atoms. The Balaban J connectivity index is 2.66. The third kappa shape index (κ3) is 1.73. The van der Waals surface area contributed by atoms with Gasteiger partial charge in [0.2, 0.25) is 0 Å². The van der Waals surface area contributed by atoms with Gasteiger partial charge < -0.3 is 5.11 Å². The molecule has 0 radical (unpaired) electrons. The number of halogens is 2. The second-order valence-electron chi connectivity index (χ2n) is 3.83. The summed E-state index contributed by atoms with van der Waals surface area (Å²) in [4.78, 5) is 0. The lowest BCUT2D eigenvalue weighted by Crippen LogP contribution is -1.89. The zero-order valence-electron chi connectivity index (χ0n) is 8.93. The Kier molecular flexibility index (Phi) is 2.77. The zero-order valence-corrected chi connectivity index (χ0v) is 8.93. The van der Waals surface area contributed by atoms with E-state index in [9.17, 15) is 8.78 Å². The van der Waals surface area contributed by atoms with Gasteiger partial charge in [-0.1, -0.05) is 31.5 Å². The number of aryl methyl sites for hydroxylation is 1. The normalized spacial score (nSPS) is 10.9. The number of phenols is 1. The lowest BCUT2D eigenvalue weighted by Gasteiger charge is -2.05. The van der Waals surface area contributed by atoms with E-state index >= 15 is 0 Å². The van der Waals surface area contributed by atoms with Gasteiger partial charge in [0.05, 0.1) is 0 Å². The molecule has 0 spiro atoms. The van der Waals surface area contributed by atoms with Crippen molar-refractivity contribution in [2.45, 2.75) is 19.8 Å². The number of hydrogen-bond donors (Lipinski definition) is 1. The zero-order chi connectivity index (χ0) is 11.7. The summed E-state index contributed by atoms with van der Waals surface area (Å²) in [7, 11) is 0. The van der Waals surface area contributed by atoms with Crippen LogP contribution in [-0.4, -0.2) is 5.11 Å². The van der Waals surface area contributed by atoms with Crippen LogP contribution in [0, 0.1) is 11.6 Å².